The summed E-state index contributed by atoms with van der Waals surface area (Å²) in [7, 11) is 1.77. The van der Waals surface area contributed by atoms with E-state index in [0.29, 0.717) is 12.5 Å². The van der Waals surface area contributed by atoms with Gasteiger partial charge in [0.2, 0.25) is 0 Å². The number of hydrogen-bond donors (Lipinski definition) is 0. The minimum absolute atomic E-state index is 0.273. The van der Waals surface area contributed by atoms with E-state index in [9.17, 15) is 4.79 Å². The summed E-state index contributed by atoms with van der Waals surface area (Å²) in [6.07, 6.45) is 5.84. The van der Waals surface area contributed by atoms with Crippen LogP contribution in [-0.2, 0) is 17.6 Å². The van der Waals surface area contributed by atoms with Crippen LogP contribution >= 0.6 is 0 Å². The van der Waals surface area contributed by atoms with Crippen molar-refractivity contribution >= 4 is 5.78 Å². The van der Waals surface area contributed by atoms with Crippen LogP contribution in [0.15, 0.2) is 18.2 Å². The van der Waals surface area contributed by atoms with E-state index in [0.717, 1.165) is 44.5 Å². The van der Waals surface area contributed by atoms with E-state index in [-0.39, 0.29) is 5.78 Å². The number of hydrogen-bond acceptors (Lipinski definition) is 3. The van der Waals surface area contributed by atoms with Crippen LogP contribution < -0.4 is 0 Å². The number of likely N-dealkylation sites (tertiary alicyclic amines) is 1. The van der Waals surface area contributed by atoms with Crippen molar-refractivity contribution < 1.29 is 9.53 Å². The number of aryl methyl sites for hydroxylation is 2. The van der Waals surface area contributed by atoms with Crippen LogP contribution in [0.3, 0.4) is 0 Å². The molecule has 2 aliphatic rings. The zero-order valence-electron chi connectivity index (χ0n) is 12.9. The molecule has 0 N–H and O–H groups in total. The van der Waals surface area contributed by atoms with Crippen molar-refractivity contribution in [1.29, 1.82) is 0 Å². The van der Waals surface area contributed by atoms with Crippen molar-refractivity contribution in [3.05, 3.63) is 34.9 Å². The Hall–Kier alpha value is -1.19. The van der Waals surface area contributed by atoms with Crippen molar-refractivity contribution in [2.75, 3.05) is 33.4 Å². The third-order valence-corrected chi connectivity index (χ3v) is 4.90. The lowest BCUT2D eigenvalue weighted by atomic mass is 9.97. The quantitative estimate of drug-likeness (QED) is 0.780. The lowest BCUT2D eigenvalue weighted by molar-refractivity contribution is 0.0809. The van der Waals surface area contributed by atoms with E-state index in [2.05, 4.69) is 17.0 Å². The summed E-state index contributed by atoms with van der Waals surface area (Å²) in [4.78, 5) is 14.7. The van der Waals surface area contributed by atoms with Crippen LogP contribution in [0.25, 0.3) is 0 Å². The monoisotopic (exact) mass is 287 g/mol. The fraction of sp³-hybridized carbons (Fsp3) is 0.611. The molecule has 1 fully saturated rings. The number of carbonyl (C=O) groups excluding carboxylic acids is 1. The highest BCUT2D eigenvalue weighted by Gasteiger charge is 2.21. The molecule has 1 aliphatic heterocycles. The molecule has 114 valence electrons. The first-order valence-electron chi connectivity index (χ1n) is 8.12. The van der Waals surface area contributed by atoms with Crippen LogP contribution in [0, 0.1) is 5.92 Å². The van der Waals surface area contributed by atoms with Crippen LogP contribution in [0.2, 0.25) is 0 Å². The average molecular weight is 287 g/mol. The number of ketones is 1. The zero-order chi connectivity index (χ0) is 14.7. The van der Waals surface area contributed by atoms with Crippen molar-refractivity contribution in [3.63, 3.8) is 0 Å². The fourth-order valence-electron chi connectivity index (χ4n) is 3.59. The maximum atomic E-state index is 12.5. The number of fused-ring (bicyclic) bond motifs is 1. The largest absolute Gasteiger partial charge is 0.384 e. The second kappa shape index (κ2) is 6.71. The number of Topliss-reactive ketones (excluding diaryl/α,β-unsaturated/α-hetero) is 1. The minimum atomic E-state index is 0.273. The maximum Gasteiger partial charge on any atom is 0.176 e. The maximum absolute atomic E-state index is 12.5. The molecule has 1 saturated heterocycles. The van der Waals surface area contributed by atoms with E-state index < -0.39 is 0 Å². The molecule has 0 atom stereocenters. The summed E-state index contributed by atoms with van der Waals surface area (Å²) in [5, 5.41) is 0. The predicted octanol–water partition coefficient (Wildman–Crippen LogP) is 2.72. The van der Waals surface area contributed by atoms with Crippen LogP contribution in [0.4, 0.5) is 0 Å². The highest BCUT2D eigenvalue weighted by Crippen LogP contribution is 2.23. The van der Waals surface area contributed by atoms with E-state index in [1.165, 1.54) is 24.0 Å². The normalized spacial score (nSPS) is 19.7. The van der Waals surface area contributed by atoms with Gasteiger partial charge >= 0.3 is 0 Å². The van der Waals surface area contributed by atoms with Gasteiger partial charge in [-0.3, -0.25) is 9.69 Å². The molecular weight excluding hydrogens is 262 g/mol. The predicted molar refractivity (Wildman–Crippen MR) is 83.8 cm³/mol. The van der Waals surface area contributed by atoms with Gasteiger partial charge in [-0.15, -0.1) is 0 Å². The number of carbonyl (C=O) groups is 1. The van der Waals surface area contributed by atoms with E-state index in [4.69, 9.17) is 4.74 Å². The molecule has 0 unspecified atom stereocenters. The molecule has 1 aromatic rings. The zero-order valence-corrected chi connectivity index (χ0v) is 12.9. The molecule has 0 aromatic heterocycles. The minimum Gasteiger partial charge on any atom is -0.384 e. The topological polar surface area (TPSA) is 29.5 Å². The Morgan fingerprint density at radius 1 is 1.24 bits per heavy atom. The summed E-state index contributed by atoms with van der Waals surface area (Å²) in [5.41, 5.74) is 3.72. The van der Waals surface area contributed by atoms with Gasteiger partial charge in [-0.05, 0) is 68.3 Å². The molecule has 3 nitrogen and oxygen atoms in total. The van der Waals surface area contributed by atoms with Crippen molar-refractivity contribution in [2.24, 2.45) is 5.92 Å². The molecule has 3 rings (SSSR count). The van der Waals surface area contributed by atoms with Gasteiger partial charge in [-0.2, -0.15) is 0 Å². The molecule has 1 heterocycles. The van der Waals surface area contributed by atoms with Crippen molar-refractivity contribution in [2.45, 2.75) is 32.1 Å². The van der Waals surface area contributed by atoms with E-state index in [1.54, 1.807) is 7.11 Å². The first-order chi connectivity index (χ1) is 10.3. The first kappa shape index (κ1) is 14.7. The van der Waals surface area contributed by atoms with Gasteiger partial charge < -0.3 is 4.74 Å². The van der Waals surface area contributed by atoms with Crippen LogP contribution in [-0.4, -0.2) is 44.0 Å². The SMILES string of the molecule is COCC1CCN(CC(=O)c2ccc3c(c2)CCC3)CC1. The summed E-state index contributed by atoms with van der Waals surface area (Å²) < 4.78 is 5.22. The highest BCUT2D eigenvalue weighted by molar-refractivity contribution is 5.97. The second-order valence-corrected chi connectivity index (χ2v) is 6.44. The molecule has 0 amide bonds. The molecule has 0 radical (unpaired) electrons. The Morgan fingerprint density at radius 3 is 2.76 bits per heavy atom. The van der Waals surface area contributed by atoms with Gasteiger partial charge in [0.1, 0.15) is 0 Å². The van der Waals surface area contributed by atoms with Gasteiger partial charge in [-0.1, -0.05) is 12.1 Å². The third-order valence-electron chi connectivity index (χ3n) is 4.90. The Morgan fingerprint density at radius 2 is 2.00 bits per heavy atom. The number of ether oxygens (including phenoxy) is 1. The van der Waals surface area contributed by atoms with Gasteiger partial charge in [0.05, 0.1) is 6.54 Å². The molecular formula is C18H25NO2. The lowest BCUT2D eigenvalue weighted by Gasteiger charge is -2.31. The van der Waals surface area contributed by atoms with Crippen LogP contribution in [0.5, 0.6) is 0 Å². The fourth-order valence-corrected chi connectivity index (χ4v) is 3.59. The molecule has 21 heavy (non-hydrogen) atoms. The van der Waals surface area contributed by atoms with Crippen LogP contribution in [0.1, 0.15) is 40.7 Å². The number of nitrogens with zero attached hydrogens (tertiary/aromatic N) is 1. The van der Waals surface area contributed by atoms with Gasteiger partial charge in [0.25, 0.3) is 0 Å². The van der Waals surface area contributed by atoms with Gasteiger partial charge in [0.15, 0.2) is 5.78 Å². The standard InChI is InChI=1S/C18H25NO2/c1-21-13-14-7-9-19(10-8-14)12-18(20)17-6-5-15-3-2-4-16(15)11-17/h5-6,11,14H,2-4,7-10,12-13H2,1H3. The summed E-state index contributed by atoms with van der Waals surface area (Å²) >= 11 is 0. The number of rotatable bonds is 5. The first-order valence-corrected chi connectivity index (χ1v) is 8.12. The van der Waals surface area contributed by atoms with E-state index >= 15 is 0 Å². The third kappa shape index (κ3) is 3.53. The Bertz CT molecular complexity index is 504. The van der Waals surface area contributed by atoms with Crippen molar-refractivity contribution in [3.8, 4) is 0 Å². The van der Waals surface area contributed by atoms with Gasteiger partial charge in [-0.25, -0.2) is 0 Å². The van der Waals surface area contributed by atoms with Crippen molar-refractivity contribution in [1.82, 2.24) is 4.90 Å². The average Bonchev–Trinajstić information content (AvgIpc) is 2.97. The summed E-state index contributed by atoms with van der Waals surface area (Å²) in [6.45, 7) is 3.46. The molecule has 0 spiro atoms. The Kier molecular flexibility index (Phi) is 4.71. The molecule has 1 aliphatic carbocycles. The molecule has 3 heteroatoms. The number of methoxy groups -OCH3 is 1. The molecule has 0 bridgehead atoms. The number of benzene rings is 1. The molecule has 1 aromatic carbocycles. The highest BCUT2D eigenvalue weighted by atomic mass is 16.5. The number of piperidine rings is 1. The summed E-state index contributed by atoms with van der Waals surface area (Å²) in [6, 6.07) is 6.30. The molecule has 0 saturated carbocycles. The van der Waals surface area contributed by atoms with Gasteiger partial charge in [0, 0.05) is 19.3 Å². The Labute approximate surface area is 127 Å². The smallest absolute Gasteiger partial charge is 0.176 e. The summed E-state index contributed by atoms with van der Waals surface area (Å²) in [5.74, 6) is 0.941. The second-order valence-electron chi connectivity index (χ2n) is 6.44. The van der Waals surface area contributed by atoms with E-state index in [1.807, 2.05) is 6.07 Å². The Balaban J connectivity index is 1.55. The lowest BCUT2D eigenvalue weighted by Crippen LogP contribution is -2.38.